The lowest BCUT2D eigenvalue weighted by Gasteiger charge is -2.20. The zero-order valence-corrected chi connectivity index (χ0v) is 23.1. The molecule has 1 aliphatic heterocycles. The van der Waals surface area contributed by atoms with E-state index in [1.54, 1.807) is 0 Å². The van der Waals surface area contributed by atoms with Crippen molar-refractivity contribution in [3.8, 4) is 0 Å². The number of halogens is 1. The van der Waals surface area contributed by atoms with Crippen LogP contribution in [0.3, 0.4) is 0 Å². The van der Waals surface area contributed by atoms with Crippen molar-refractivity contribution in [2.45, 2.75) is 142 Å². The molecule has 0 bridgehead atoms. The number of unbranched alkanes of at least 4 members (excludes halogenated alkanes) is 11. The first kappa shape index (κ1) is 29.2. The summed E-state index contributed by atoms with van der Waals surface area (Å²) in [6.45, 7) is 8.92. The van der Waals surface area contributed by atoms with Crippen LogP contribution >= 0.6 is 11.6 Å². The lowest BCUT2D eigenvalue weighted by molar-refractivity contribution is 0.177. The Morgan fingerprint density at radius 1 is 0.912 bits per heavy atom. The Morgan fingerprint density at radius 3 is 2.03 bits per heavy atom. The van der Waals surface area contributed by atoms with Gasteiger partial charge in [-0.2, -0.15) is 0 Å². The van der Waals surface area contributed by atoms with Gasteiger partial charge in [-0.25, -0.2) is 4.99 Å². The fourth-order valence-electron chi connectivity index (χ4n) is 4.83. The number of hydrogen-bond acceptors (Lipinski definition) is 3. The second kappa shape index (κ2) is 15.8. The van der Waals surface area contributed by atoms with E-state index in [0.717, 1.165) is 24.8 Å². The van der Waals surface area contributed by atoms with E-state index in [9.17, 15) is 5.11 Å². The van der Waals surface area contributed by atoms with E-state index in [-0.39, 0.29) is 11.6 Å². The minimum atomic E-state index is -0.264. The van der Waals surface area contributed by atoms with E-state index in [1.807, 2.05) is 13.0 Å². The van der Waals surface area contributed by atoms with Gasteiger partial charge >= 0.3 is 0 Å². The van der Waals surface area contributed by atoms with E-state index < -0.39 is 0 Å². The number of hydrogen-bond donors (Lipinski definition) is 1. The third-order valence-electron chi connectivity index (χ3n) is 7.00. The molecule has 2 atom stereocenters. The average Bonchev–Trinajstić information content (AvgIpc) is 3.16. The molecule has 2 unspecified atom stereocenters. The van der Waals surface area contributed by atoms with Crippen molar-refractivity contribution >= 4 is 17.5 Å². The maximum atomic E-state index is 9.89. The molecule has 2 rings (SSSR count). The molecule has 0 fully saturated rings. The van der Waals surface area contributed by atoms with Gasteiger partial charge in [0.25, 0.3) is 0 Å². The quantitative estimate of drug-likeness (QED) is 0.208. The summed E-state index contributed by atoms with van der Waals surface area (Å²) in [6.07, 6.45) is 19.1. The van der Waals surface area contributed by atoms with Crippen molar-refractivity contribution in [2.24, 2.45) is 4.99 Å². The van der Waals surface area contributed by atoms with Gasteiger partial charge in [0.05, 0.1) is 22.2 Å². The first-order chi connectivity index (χ1) is 16.3. The van der Waals surface area contributed by atoms with Crippen LogP contribution in [0.15, 0.2) is 23.2 Å². The first-order valence-electron chi connectivity index (χ1n) is 14.0. The molecule has 4 heteroatoms. The molecule has 3 nitrogen and oxygen atoms in total. The largest absolute Gasteiger partial charge is 0.475 e. The Kier molecular flexibility index (Phi) is 13.6. The van der Waals surface area contributed by atoms with Crippen molar-refractivity contribution in [3.63, 3.8) is 0 Å². The highest BCUT2D eigenvalue weighted by Crippen LogP contribution is 2.33. The molecule has 194 valence electrons. The Balaban J connectivity index is 1.80. The Labute approximate surface area is 214 Å². The van der Waals surface area contributed by atoms with Crippen molar-refractivity contribution < 1.29 is 9.84 Å². The molecule has 1 aromatic rings. The minimum Gasteiger partial charge on any atom is -0.475 e. The Hall–Kier alpha value is -1.06. The molecule has 34 heavy (non-hydrogen) atoms. The van der Waals surface area contributed by atoms with Gasteiger partial charge in [-0.05, 0) is 63.6 Å². The van der Waals surface area contributed by atoms with Crippen LogP contribution in [0.5, 0.6) is 0 Å². The van der Waals surface area contributed by atoms with Crippen molar-refractivity contribution in [1.29, 1.82) is 0 Å². The topological polar surface area (TPSA) is 41.8 Å². The second-order valence-corrected chi connectivity index (χ2v) is 11.5. The van der Waals surface area contributed by atoms with E-state index in [2.05, 4.69) is 32.9 Å². The van der Waals surface area contributed by atoms with E-state index in [1.165, 1.54) is 82.6 Å². The summed E-state index contributed by atoms with van der Waals surface area (Å²) in [5.41, 5.74) is 2.00. The highest BCUT2D eigenvalue weighted by molar-refractivity contribution is 6.33. The third-order valence-corrected chi connectivity index (χ3v) is 7.33. The normalized spacial score (nSPS) is 16.8. The van der Waals surface area contributed by atoms with Crippen molar-refractivity contribution in [1.82, 2.24) is 0 Å². The minimum absolute atomic E-state index is 0.199. The van der Waals surface area contributed by atoms with Crippen LogP contribution in [0.1, 0.15) is 141 Å². The fraction of sp³-hybridized carbons (Fsp3) is 0.767. The standard InChI is InChI=1S/C30H50ClNO2/c1-5-6-7-8-9-10-11-12-13-14-15-16-17-25(19-18-24(2)33)26-20-21-28(31)27(22-26)29-32-30(3,4)23-34-29/h20-22,24-25,33H,5-19,23H2,1-4H3. The molecule has 0 saturated heterocycles. The van der Waals surface area contributed by atoms with Gasteiger partial charge < -0.3 is 9.84 Å². The summed E-state index contributed by atoms with van der Waals surface area (Å²) in [6, 6.07) is 6.32. The molecule has 1 heterocycles. The van der Waals surface area contributed by atoms with E-state index >= 15 is 0 Å². The molecule has 0 aromatic heterocycles. The highest BCUT2D eigenvalue weighted by atomic mass is 35.5. The monoisotopic (exact) mass is 491 g/mol. The van der Waals surface area contributed by atoms with E-state index in [0.29, 0.717) is 23.4 Å². The van der Waals surface area contributed by atoms with Crippen LogP contribution in [0.2, 0.25) is 5.02 Å². The maximum Gasteiger partial charge on any atom is 0.218 e. The number of aliphatic hydroxyl groups excluding tert-OH is 1. The number of ether oxygens (including phenoxy) is 1. The fourth-order valence-corrected chi connectivity index (χ4v) is 5.03. The molecular formula is C30H50ClNO2. The SMILES string of the molecule is CCCCCCCCCCCCCCC(CCC(C)O)c1ccc(Cl)c(C2=NC(C)(C)CO2)c1. The predicted octanol–water partition coefficient (Wildman–Crippen LogP) is 9.23. The molecule has 0 radical (unpaired) electrons. The smallest absolute Gasteiger partial charge is 0.218 e. The van der Waals surface area contributed by atoms with Crippen LogP contribution in [-0.2, 0) is 4.74 Å². The van der Waals surface area contributed by atoms with Gasteiger partial charge in [0.2, 0.25) is 5.90 Å². The zero-order chi connectivity index (χ0) is 24.8. The number of benzene rings is 1. The van der Waals surface area contributed by atoms with Gasteiger partial charge in [0.15, 0.2) is 0 Å². The van der Waals surface area contributed by atoms with Crippen molar-refractivity contribution in [2.75, 3.05) is 6.61 Å². The van der Waals surface area contributed by atoms with E-state index in [4.69, 9.17) is 21.3 Å². The molecule has 0 aliphatic carbocycles. The number of aliphatic imine (C=N–C) groups is 1. The molecule has 0 saturated carbocycles. The van der Waals surface area contributed by atoms with Gasteiger partial charge in [-0.15, -0.1) is 0 Å². The summed E-state index contributed by atoms with van der Waals surface area (Å²) < 4.78 is 5.87. The van der Waals surface area contributed by atoms with Gasteiger partial charge in [-0.1, -0.05) is 102 Å². The van der Waals surface area contributed by atoms with Crippen LogP contribution in [-0.4, -0.2) is 29.3 Å². The van der Waals surface area contributed by atoms with Crippen LogP contribution in [0.4, 0.5) is 0 Å². The summed E-state index contributed by atoms with van der Waals surface area (Å²) in [4.78, 5) is 4.73. The van der Waals surface area contributed by atoms with Crippen molar-refractivity contribution in [3.05, 3.63) is 34.3 Å². The number of aliphatic hydroxyl groups is 1. The first-order valence-corrected chi connectivity index (χ1v) is 14.4. The maximum absolute atomic E-state index is 9.89. The van der Waals surface area contributed by atoms with Crippen LogP contribution in [0, 0.1) is 0 Å². The molecule has 1 N–H and O–H groups in total. The van der Waals surface area contributed by atoms with Gasteiger partial charge in [0, 0.05) is 0 Å². The lowest BCUT2D eigenvalue weighted by atomic mass is 9.87. The average molecular weight is 492 g/mol. The molecule has 1 aliphatic rings. The lowest BCUT2D eigenvalue weighted by Crippen LogP contribution is -2.17. The summed E-state index contributed by atoms with van der Waals surface area (Å²) in [7, 11) is 0. The highest BCUT2D eigenvalue weighted by Gasteiger charge is 2.28. The number of rotatable bonds is 18. The van der Waals surface area contributed by atoms with Crippen LogP contribution < -0.4 is 0 Å². The predicted molar refractivity (Wildman–Crippen MR) is 147 cm³/mol. The Bertz CT molecular complexity index is 729. The van der Waals surface area contributed by atoms with Crippen LogP contribution in [0.25, 0.3) is 0 Å². The molecule has 0 spiro atoms. The summed E-state index contributed by atoms with van der Waals surface area (Å²) >= 11 is 6.53. The molecule has 1 aromatic carbocycles. The summed E-state index contributed by atoms with van der Waals surface area (Å²) in [5, 5.41) is 10.6. The summed E-state index contributed by atoms with van der Waals surface area (Å²) in [5.74, 6) is 1.10. The Morgan fingerprint density at radius 2 is 1.50 bits per heavy atom. The zero-order valence-electron chi connectivity index (χ0n) is 22.4. The number of nitrogens with zero attached hydrogens (tertiary/aromatic N) is 1. The van der Waals surface area contributed by atoms with Gasteiger partial charge in [-0.3, -0.25) is 0 Å². The third kappa shape index (κ3) is 11.1. The van der Waals surface area contributed by atoms with Gasteiger partial charge in [0.1, 0.15) is 6.61 Å². The molecule has 0 amide bonds. The molecular weight excluding hydrogens is 442 g/mol. The second-order valence-electron chi connectivity index (χ2n) is 11.1.